The van der Waals surface area contributed by atoms with Gasteiger partial charge in [0.15, 0.2) is 0 Å². The van der Waals surface area contributed by atoms with Crippen molar-refractivity contribution in [3.63, 3.8) is 0 Å². The van der Waals surface area contributed by atoms with E-state index < -0.39 is 0 Å². The molecule has 0 aliphatic heterocycles. The normalized spacial score (nSPS) is 10.4. The van der Waals surface area contributed by atoms with Gasteiger partial charge >= 0.3 is 0 Å². The Morgan fingerprint density at radius 1 is 1.16 bits per heavy atom. The molecular weight excluding hydrogens is 245 g/mol. The third kappa shape index (κ3) is 3.69. The number of hydrogen-bond donors (Lipinski definition) is 2. The second kappa shape index (κ2) is 6.20. The van der Waals surface area contributed by atoms with E-state index in [1.165, 1.54) is 12.1 Å². The maximum absolute atomic E-state index is 13.0. The summed E-state index contributed by atoms with van der Waals surface area (Å²) in [6, 6.07) is 11.5. The molecule has 0 saturated carbocycles. The standard InChI is InChI=1S/C15H16FNO2/c1-19-14-5-6-15(18)12(8-14)10-17-9-11-3-2-4-13(16)7-11/h2-8,17-18H,9-10H2,1H3. The lowest BCUT2D eigenvalue weighted by atomic mass is 10.1. The van der Waals surface area contributed by atoms with Crippen LogP contribution in [0.5, 0.6) is 11.5 Å². The van der Waals surface area contributed by atoms with Crippen LogP contribution in [-0.2, 0) is 13.1 Å². The van der Waals surface area contributed by atoms with Gasteiger partial charge in [-0.05, 0) is 35.9 Å². The van der Waals surface area contributed by atoms with E-state index in [-0.39, 0.29) is 11.6 Å². The van der Waals surface area contributed by atoms with Crippen LogP contribution in [0.2, 0.25) is 0 Å². The summed E-state index contributed by atoms with van der Waals surface area (Å²) in [6.45, 7) is 1.02. The van der Waals surface area contributed by atoms with Crippen LogP contribution < -0.4 is 10.1 Å². The van der Waals surface area contributed by atoms with Gasteiger partial charge in [0.1, 0.15) is 17.3 Å². The molecule has 0 aliphatic rings. The van der Waals surface area contributed by atoms with Crippen LogP contribution >= 0.6 is 0 Å². The van der Waals surface area contributed by atoms with Crippen molar-refractivity contribution in [3.05, 3.63) is 59.4 Å². The molecule has 0 bridgehead atoms. The number of hydrogen-bond acceptors (Lipinski definition) is 3. The third-order valence-corrected chi connectivity index (χ3v) is 2.82. The van der Waals surface area contributed by atoms with E-state index in [0.29, 0.717) is 18.8 Å². The second-order valence-electron chi connectivity index (χ2n) is 4.23. The fourth-order valence-corrected chi connectivity index (χ4v) is 1.82. The summed E-state index contributed by atoms with van der Waals surface area (Å²) >= 11 is 0. The van der Waals surface area contributed by atoms with Crippen LogP contribution in [0.4, 0.5) is 4.39 Å². The van der Waals surface area contributed by atoms with E-state index in [2.05, 4.69) is 5.32 Å². The molecule has 2 N–H and O–H groups in total. The SMILES string of the molecule is COc1ccc(O)c(CNCc2cccc(F)c2)c1. The summed E-state index contributed by atoms with van der Waals surface area (Å²) in [5.74, 6) is 0.663. The molecular formula is C15H16FNO2. The molecule has 0 atom stereocenters. The topological polar surface area (TPSA) is 41.5 Å². The Morgan fingerprint density at radius 3 is 2.74 bits per heavy atom. The summed E-state index contributed by atoms with van der Waals surface area (Å²) in [5.41, 5.74) is 1.61. The van der Waals surface area contributed by atoms with Crippen molar-refractivity contribution in [2.75, 3.05) is 7.11 Å². The van der Waals surface area contributed by atoms with Crippen LogP contribution in [0.15, 0.2) is 42.5 Å². The van der Waals surface area contributed by atoms with Crippen molar-refractivity contribution in [2.45, 2.75) is 13.1 Å². The molecule has 0 aromatic heterocycles. The highest BCUT2D eigenvalue weighted by Gasteiger charge is 2.03. The van der Waals surface area contributed by atoms with Gasteiger partial charge in [0.25, 0.3) is 0 Å². The van der Waals surface area contributed by atoms with Crippen LogP contribution in [0.1, 0.15) is 11.1 Å². The number of methoxy groups -OCH3 is 1. The summed E-state index contributed by atoms with van der Waals surface area (Å²) in [6.07, 6.45) is 0. The van der Waals surface area contributed by atoms with Crippen molar-refractivity contribution in [1.29, 1.82) is 0 Å². The highest BCUT2D eigenvalue weighted by Crippen LogP contribution is 2.22. The Morgan fingerprint density at radius 2 is 2.00 bits per heavy atom. The van der Waals surface area contributed by atoms with Crippen molar-refractivity contribution >= 4 is 0 Å². The fourth-order valence-electron chi connectivity index (χ4n) is 1.82. The minimum Gasteiger partial charge on any atom is -0.508 e. The number of phenols is 1. The van der Waals surface area contributed by atoms with E-state index in [1.807, 2.05) is 6.07 Å². The quantitative estimate of drug-likeness (QED) is 0.869. The minimum atomic E-state index is -0.247. The van der Waals surface area contributed by atoms with Crippen molar-refractivity contribution in [2.24, 2.45) is 0 Å². The highest BCUT2D eigenvalue weighted by atomic mass is 19.1. The molecule has 0 amide bonds. The van der Waals surface area contributed by atoms with Gasteiger partial charge < -0.3 is 15.2 Å². The number of aromatic hydroxyl groups is 1. The average molecular weight is 261 g/mol. The van der Waals surface area contributed by atoms with E-state index in [4.69, 9.17) is 4.74 Å². The second-order valence-corrected chi connectivity index (χ2v) is 4.23. The van der Waals surface area contributed by atoms with Gasteiger partial charge in [-0.2, -0.15) is 0 Å². The third-order valence-electron chi connectivity index (χ3n) is 2.82. The Hall–Kier alpha value is -2.07. The van der Waals surface area contributed by atoms with Gasteiger partial charge in [-0.1, -0.05) is 12.1 Å². The number of phenolic OH excluding ortho intramolecular Hbond substituents is 1. The molecule has 0 heterocycles. The monoisotopic (exact) mass is 261 g/mol. The molecule has 19 heavy (non-hydrogen) atoms. The first-order chi connectivity index (χ1) is 9.19. The summed E-state index contributed by atoms with van der Waals surface area (Å²) < 4.78 is 18.1. The molecule has 100 valence electrons. The molecule has 2 aromatic carbocycles. The van der Waals surface area contributed by atoms with Crippen molar-refractivity contribution < 1.29 is 14.2 Å². The first-order valence-electron chi connectivity index (χ1n) is 6.00. The number of benzene rings is 2. The van der Waals surface area contributed by atoms with E-state index in [9.17, 15) is 9.50 Å². The minimum absolute atomic E-state index is 0.215. The Balaban J connectivity index is 1.95. The zero-order valence-corrected chi connectivity index (χ0v) is 10.7. The molecule has 0 spiro atoms. The summed E-state index contributed by atoms with van der Waals surface area (Å²) in [4.78, 5) is 0. The molecule has 0 saturated heterocycles. The van der Waals surface area contributed by atoms with Gasteiger partial charge in [0.05, 0.1) is 7.11 Å². The molecule has 0 fully saturated rings. The lowest BCUT2D eigenvalue weighted by Crippen LogP contribution is -2.13. The lowest BCUT2D eigenvalue weighted by Gasteiger charge is -2.09. The number of rotatable bonds is 5. The van der Waals surface area contributed by atoms with Crippen LogP contribution in [0.25, 0.3) is 0 Å². The average Bonchev–Trinajstić information content (AvgIpc) is 2.41. The molecule has 0 aliphatic carbocycles. The zero-order valence-electron chi connectivity index (χ0n) is 10.7. The number of nitrogens with one attached hydrogen (secondary N) is 1. The van der Waals surface area contributed by atoms with Crippen LogP contribution in [-0.4, -0.2) is 12.2 Å². The number of ether oxygens (including phenoxy) is 1. The molecule has 4 heteroatoms. The van der Waals surface area contributed by atoms with Crippen LogP contribution in [0, 0.1) is 5.82 Å². The summed E-state index contributed by atoms with van der Waals surface area (Å²) in [7, 11) is 1.58. The van der Waals surface area contributed by atoms with Gasteiger partial charge in [-0.15, -0.1) is 0 Å². The predicted octanol–water partition coefficient (Wildman–Crippen LogP) is 2.83. The fraction of sp³-hybridized carbons (Fsp3) is 0.200. The van der Waals surface area contributed by atoms with Crippen LogP contribution in [0.3, 0.4) is 0 Å². The first-order valence-corrected chi connectivity index (χ1v) is 6.00. The highest BCUT2D eigenvalue weighted by molar-refractivity contribution is 5.39. The zero-order chi connectivity index (χ0) is 13.7. The van der Waals surface area contributed by atoms with E-state index >= 15 is 0 Å². The predicted molar refractivity (Wildman–Crippen MR) is 71.6 cm³/mol. The molecule has 3 nitrogen and oxygen atoms in total. The van der Waals surface area contributed by atoms with Crippen molar-refractivity contribution in [1.82, 2.24) is 5.32 Å². The van der Waals surface area contributed by atoms with E-state index in [1.54, 1.807) is 31.4 Å². The molecule has 2 rings (SSSR count). The van der Waals surface area contributed by atoms with Gasteiger partial charge in [0.2, 0.25) is 0 Å². The summed E-state index contributed by atoms with van der Waals surface area (Å²) in [5, 5.41) is 12.9. The molecule has 0 unspecified atom stereocenters. The largest absolute Gasteiger partial charge is 0.508 e. The van der Waals surface area contributed by atoms with Gasteiger partial charge in [-0.3, -0.25) is 0 Å². The molecule has 0 radical (unpaired) electrons. The lowest BCUT2D eigenvalue weighted by molar-refractivity contribution is 0.410. The Bertz CT molecular complexity index is 558. The van der Waals surface area contributed by atoms with E-state index in [0.717, 1.165) is 11.1 Å². The molecule has 2 aromatic rings. The smallest absolute Gasteiger partial charge is 0.123 e. The number of halogens is 1. The van der Waals surface area contributed by atoms with Crippen molar-refractivity contribution in [3.8, 4) is 11.5 Å². The maximum atomic E-state index is 13.0. The maximum Gasteiger partial charge on any atom is 0.123 e. The van der Waals surface area contributed by atoms with Gasteiger partial charge in [0, 0.05) is 18.7 Å². The Labute approximate surface area is 111 Å². The first kappa shape index (κ1) is 13.4. The Kier molecular flexibility index (Phi) is 4.36. The van der Waals surface area contributed by atoms with Gasteiger partial charge in [-0.25, -0.2) is 4.39 Å².